The molecule has 1 N–H and O–H groups in total. The van der Waals surface area contributed by atoms with Crippen LogP contribution >= 0.6 is 0 Å². The molecule has 0 saturated heterocycles. The number of fused-ring (bicyclic) bond motifs is 2. The third-order valence-corrected chi connectivity index (χ3v) is 4.69. The van der Waals surface area contributed by atoms with Crippen molar-refractivity contribution in [1.29, 1.82) is 0 Å². The van der Waals surface area contributed by atoms with Gasteiger partial charge in [-0.05, 0) is 30.2 Å². The number of nitrogens with zero attached hydrogens (tertiary/aromatic N) is 2. The normalized spacial score (nSPS) is 13.7. The van der Waals surface area contributed by atoms with E-state index in [2.05, 4.69) is 4.98 Å². The van der Waals surface area contributed by atoms with Gasteiger partial charge in [0.2, 0.25) is 0 Å². The molecule has 1 amide bonds. The Morgan fingerprint density at radius 3 is 2.62 bits per heavy atom. The fraction of sp³-hybridized carbons (Fsp3) is 0.167. The van der Waals surface area contributed by atoms with E-state index in [1.807, 2.05) is 0 Å². The third kappa shape index (κ3) is 2.50. The summed E-state index contributed by atoms with van der Waals surface area (Å²) in [4.78, 5) is 27.7. The number of H-pyrrole nitrogens is 1. The molecule has 0 bridgehead atoms. The van der Waals surface area contributed by atoms with Gasteiger partial charge < -0.3 is 9.88 Å². The zero-order valence-electron chi connectivity index (χ0n) is 13.5. The number of hydrogen-bond acceptors (Lipinski definition) is 3. The lowest BCUT2D eigenvalue weighted by Crippen LogP contribution is -2.36. The van der Waals surface area contributed by atoms with Crippen LogP contribution < -0.4 is 0 Å². The van der Waals surface area contributed by atoms with Crippen LogP contribution in [0.2, 0.25) is 0 Å². The maximum Gasteiger partial charge on any atom is 0.270 e. The van der Waals surface area contributed by atoms with Gasteiger partial charge in [0.1, 0.15) is 11.6 Å². The molecule has 0 saturated carbocycles. The number of aromatic amines is 1. The quantitative estimate of drug-likeness (QED) is 0.563. The van der Waals surface area contributed by atoms with Crippen molar-refractivity contribution < 1.29 is 18.5 Å². The Balaban J connectivity index is 1.70. The summed E-state index contributed by atoms with van der Waals surface area (Å²) in [6.07, 6.45) is 1.70. The Morgan fingerprint density at radius 1 is 1.15 bits per heavy atom. The largest absolute Gasteiger partial charge is 0.360 e. The lowest BCUT2D eigenvalue weighted by molar-refractivity contribution is -0.384. The van der Waals surface area contributed by atoms with E-state index in [-0.39, 0.29) is 42.2 Å². The van der Waals surface area contributed by atoms with Crippen LogP contribution in [0.1, 0.15) is 21.5 Å². The standard InChI is InChI=1S/C18H13F2N3O3/c19-15-2-3-16(20)14-9-22(6-5-11(14)15)18(24)13-8-21-17-4-1-10(23(25)26)7-12(13)17/h1-4,7-8,21H,5-6,9H2. The van der Waals surface area contributed by atoms with Crippen molar-refractivity contribution in [2.75, 3.05) is 6.54 Å². The second-order valence-electron chi connectivity index (χ2n) is 6.15. The minimum Gasteiger partial charge on any atom is -0.360 e. The molecule has 0 aliphatic carbocycles. The van der Waals surface area contributed by atoms with Crippen LogP contribution in [0.3, 0.4) is 0 Å². The Hall–Kier alpha value is -3.29. The minimum absolute atomic E-state index is 0.0423. The van der Waals surface area contributed by atoms with Crippen LogP contribution in [0.15, 0.2) is 36.5 Å². The van der Waals surface area contributed by atoms with E-state index in [9.17, 15) is 23.7 Å². The zero-order valence-corrected chi connectivity index (χ0v) is 13.5. The first-order chi connectivity index (χ1) is 12.5. The van der Waals surface area contributed by atoms with E-state index in [0.29, 0.717) is 16.5 Å². The zero-order chi connectivity index (χ0) is 18.4. The number of nitro benzene ring substituents is 1. The van der Waals surface area contributed by atoms with Gasteiger partial charge in [0.15, 0.2) is 0 Å². The summed E-state index contributed by atoms with van der Waals surface area (Å²) >= 11 is 0. The van der Waals surface area contributed by atoms with E-state index >= 15 is 0 Å². The second kappa shape index (κ2) is 5.91. The van der Waals surface area contributed by atoms with Gasteiger partial charge in [-0.15, -0.1) is 0 Å². The second-order valence-corrected chi connectivity index (χ2v) is 6.15. The topological polar surface area (TPSA) is 79.2 Å². The Morgan fingerprint density at radius 2 is 1.88 bits per heavy atom. The molecule has 0 atom stereocenters. The summed E-state index contributed by atoms with van der Waals surface area (Å²) in [7, 11) is 0. The fourth-order valence-corrected chi connectivity index (χ4v) is 3.34. The monoisotopic (exact) mass is 357 g/mol. The molecule has 2 heterocycles. The Labute approximate surface area is 146 Å². The minimum atomic E-state index is -0.548. The highest BCUT2D eigenvalue weighted by Gasteiger charge is 2.27. The SMILES string of the molecule is O=C(c1c[nH]c2ccc([N+](=O)[O-])cc12)N1CCc2c(F)ccc(F)c2C1. The number of halogens is 2. The molecule has 4 rings (SSSR count). The number of hydrogen-bond donors (Lipinski definition) is 1. The van der Waals surface area contributed by atoms with Crippen LogP contribution in [0.25, 0.3) is 10.9 Å². The first-order valence-corrected chi connectivity index (χ1v) is 7.96. The number of carbonyl (C=O) groups is 1. The van der Waals surface area contributed by atoms with Crippen molar-refractivity contribution in [3.8, 4) is 0 Å². The summed E-state index contributed by atoms with van der Waals surface area (Å²) in [6.45, 7) is 0.202. The summed E-state index contributed by atoms with van der Waals surface area (Å²) in [6, 6.07) is 6.35. The van der Waals surface area contributed by atoms with Crippen LogP contribution in [-0.4, -0.2) is 27.3 Å². The molecule has 0 unspecified atom stereocenters. The van der Waals surface area contributed by atoms with Crippen molar-refractivity contribution >= 4 is 22.5 Å². The van der Waals surface area contributed by atoms with Gasteiger partial charge in [-0.3, -0.25) is 14.9 Å². The number of non-ortho nitro benzene ring substituents is 1. The molecule has 1 aliphatic heterocycles. The van der Waals surface area contributed by atoms with Gasteiger partial charge in [0.05, 0.1) is 10.5 Å². The predicted octanol–water partition coefficient (Wildman–Crippen LogP) is 3.55. The number of aromatic nitrogens is 1. The molecule has 8 heteroatoms. The number of amides is 1. The molecule has 0 spiro atoms. The van der Waals surface area contributed by atoms with Crippen molar-refractivity contribution in [3.05, 3.63) is 75.0 Å². The molecular weight excluding hydrogens is 344 g/mol. The number of rotatable bonds is 2. The smallest absolute Gasteiger partial charge is 0.270 e. The van der Waals surface area contributed by atoms with E-state index in [1.54, 1.807) is 0 Å². The maximum atomic E-state index is 14.0. The van der Waals surface area contributed by atoms with E-state index < -0.39 is 16.6 Å². The predicted molar refractivity (Wildman–Crippen MR) is 89.8 cm³/mol. The lowest BCUT2D eigenvalue weighted by atomic mass is 9.98. The first-order valence-electron chi connectivity index (χ1n) is 7.96. The molecule has 1 aliphatic rings. The number of benzene rings is 2. The summed E-state index contributed by atoms with van der Waals surface area (Å²) in [5.74, 6) is -1.41. The van der Waals surface area contributed by atoms with Crippen molar-refractivity contribution in [2.45, 2.75) is 13.0 Å². The van der Waals surface area contributed by atoms with Crippen LogP contribution in [0, 0.1) is 21.7 Å². The van der Waals surface area contributed by atoms with Crippen LogP contribution in [0.4, 0.5) is 14.5 Å². The summed E-state index contributed by atoms with van der Waals surface area (Å²) < 4.78 is 27.9. The molecule has 1 aromatic heterocycles. The molecule has 2 aromatic carbocycles. The van der Waals surface area contributed by atoms with Gasteiger partial charge in [-0.2, -0.15) is 0 Å². The van der Waals surface area contributed by atoms with Gasteiger partial charge in [-0.25, -0.2) is 8.78 Å². The van der Waals surface area contributed by atoms with Gasteiger partial charge in [-0.1, -0.05) is 0 Å². The summed E-state index contributed by atoms with van der Waals surface area (Å²) in [5, 5.41) is 11.4. The summed E-state index contributed by atoms with van der Waals surface area (Å²) in [5.41, 5.74) is 1.21. The highest BCUT2D eigenvalue weighted by Crippen LogP contribution is 2.28. The maximum absolute atomic E-state index is 14.0. The molecule has 0 fully saturated rings. The van der Waals surface area contributed by atoms with Crippen molar-refractivity contribution in [1.82, 2.24) is 9.88 Å². The number of nitro groups is 1. The van der Waals surface area contributed by atoms with Crippen LogP contribution in [0.5, 0.6) is 0 Å². The molecular formula is C18H13F2N3O3. The van der Waals surface area contributed by atoms with E-state index in [4.69, 9.17) is 0 Å². The molecule has 26 heavy (non-hydrogen) atoms. The van der Waals surface area contributed by atoms with Gasteiger partial charge >= 0.3 is 0 Å². The van der Waals surface area contributed by atoms with E-state index in [1.165, 1.54) is 29.3 Å². The van der Waals surface area contributed by atoms with Crippen LogP contribution in [-0.2, 0) is 13.0 Å². The third-order valence-electron chi connectivity index (χ3n) is 4.69. The van der Waals surface area contributed by atoms with Gasteiger partial charge in [0.25, 0.3) is 11.6 Å². The van der Waals surface area contributed by atoms with Gasteiger partial charge in [0, 0.05) is 47.9 Å². The molecule has 3 aromatic rings. The first kappa shape index (κ1) is 16.2. The van der Waals surface area contributed by atoms with Crippen molar-refractivity contribution in [3.63, 3.8) is 0 Å². The average molecular weight is 357 g/mol. The molecule has 0 radical (unpaired) electrons. The lowest BCUT2D eigenvalue weighted by Gasteiger charge is -2.29. The van der Waals surface area contributed by atoms with E-state index in [0.717, 1.165) is 12.1 Å². The fourth-order valence-electron chi connectivity index (χ4n) is 3.34. The molecule has 132 valence electrons. The van der Waals surface area contributed by atoms with Crippen molar-refractivity contribution in [2.24, 2.45) is 0 Å². The highest BCUT2D eigenvalue weighted by molar-refractivity contribution is 6.07. The Bertz CT molecular complexity index is 1060. The number of carbonyl (C=O) groups excluding carboxylic acids is 1. The molecule has 6 nitrogen and oxygen atoms in total. The average Bonchev–Trinajstić information content (AvgIpc) is 3.07. The highest BCUT2D eigenvalue weighted by atomic mass is 19.1. The Kier molecular flexibility index (Phi) is 3.68. The number of nitrogens with one attached hydrogen (secondary N) is 1.